The monoisotopic (exact) mass is 269 g/mol. The minimum atomic E-state index is 0.549. The fraction of sp³-hybridized carbons (Fsp3) is 0.214. The highest BCUT2D eigenvalue weighted by molar-refractivity contribution is 5.94. The normalized spacial score (nSPS) is 10.9. The molecular weight excluding hydrogens is 254 g/mol. The molecule has 0 unspecified atom stereocenters. The molecule has 0 aliphatic heterocycles. The summed E-state index contributed by atoms with van der Waals surface area (Å²) in [5.41, 5.74) is 6.42. The van der Waals surface area contributed by atoms with Crippen LogP contribution in [0.2, 0.25) is 0 Å². The predicted molar refractivity (Wildman–Crippen MR) is 77.3 cm³/mol. The van der Waals surface area contributed by atoms with E-state index in [9.17, 15) is 0 Å². The van der Waals surface area contributed by atoms with Crippen LogP contribution in [0.3, 0.4) is 0 Å². The van der Waals surface area contributed by atoms with Gasteiger partial charge in [0.25, 0.3) is 0 Å². The van der Waals surface area contributed by atoms with Gasteiger partial charge in [0.1, 0.15) is 5.82 Å². The Morgan fingerprint density at radius 1 is 1.30 bits per heavy atom. The molecule has 3 aromatic rings. The van der Waals surface area contributed by atoms with E-state index >= 15 is 0 Å². The summed E-state index contributed by atoms with van der Waals surface area (Å²) in [4.78, 5) is 8.59. The van der Waals surface area contributed by atoms with Crippen LogP contribution < -0.4 is 11.1 Å². The molecular formula is C14H15N5O. The Labute approximate surface area is 116 Å². The van der Waals surface area contributed by atoms with Crippen LogP contribution in [0.5, 0.6) is 0 Å². The Hall–Kier alpha value is -2.47. The van der Waals surface area contributed by atoms with Gasteiger partial charge in [0, 0.05) is 37.2 Å². The van der Waals surface area contributed by atoms with Crippen molar-refractivity contribution < 1.29 is 4.52 Å². The standard InChI is InChI=1S/C14H15N5O/c1-9-18-13(19-20-9)11-3-2-10-4-6-16-14(12(10)8-11)17-7-5-15/h2-4,6,8H,5,7,15H2,1H3,(H,16,17). The van der Waals surface area contributed by atoms with Gasteiger partial charge in [0.15, 0.2) is 0 Å². The molecule has 0 spiro atoms. The zero-order valence-electron chi connectivity index (χ0n) is 11.1. The van der Waals surface area contributed by atoms with E-state index in [1.165, 1.54) is 0 Å². The number of nitrogens with two attached hydrogens (primary N) is 1. The fourth-order valence-electron chi connectivity index (χ4n) is 2.06. The second-order valence-electron chi connectivity index (χ2n) is 4.45. The summed E-state index contributed by atoms with van der Waals surface area (Å²) in [6.07, 6.45) is 1.78. The Morgan fingerprint density at radius 2 is 2.20 bits per heavy atom. The largest absolute Gasteiger partial charge is 0.368 e. The number of anilines is 1. The third kappa shape index (κ3) is 2.33. The van der Waals surface area contributed by atoms with Gasteiger partial charge in [-0.1, -0.05) is 17.3 Å². The van der Waals surface area contributed by atoms with Gasteiger partial charge in [0.2, 0.25) is 11.7 Å². The number of fused-ring (bicyclic) bond motifs is 1. The predicted octanol–water partition coefficient (Wildman–Crippen LogP) is 1.96. The summed E-state index contributed by atoms with van der Waals surface area (Å²) in [6, 6.07) is 7.96. The van der Waals surface area contributed by atoms with Gasteiger partial charge in [-0.05, 0) is 17.5 Å². The lowest BCUT2D eigenvalue weighted by atomic mass is 10.1. The first kappa shape index (κ1) is 12.6. The van der Waals surface area contributed by atoms with Crippen molar-refractivity contribution in [2.75, 3.05) is 18.4 Å². The van der Waals surface area contributed by atoms with Gasteiger partial charge in [-0.2, -0.15) is 4.98 Å². The zero-order chi connectivity index (χ0) is 13.9. The van der Waals surface area contributed by atoms with E-state index < -0.39 is 0 Å². The minimum Gasteiger partial charge on any atom is -0.368 e. The van der Waals surface area contributed by atoms with E-state index in [2.05, 4.69) is 20.4 Å². The van der Waals surface area contributed by atoms with Crippen LogP contribution in [-0.4, -0.2) is 28.2 Å². The molecule has 0 amide bonds. The highest BCUT2D eigenvalue weighted by atomic mass is 16.5. The number of benzene rings is 1. The van der Waals surface area contributed by atoms with Crippen LogP contribution in [0, 0.1) is 6.92 Å². The van der Waals surface area contributed by atoms with Gasteiger partial charge in [-0.3, -0.25) is 0 Å². The molecule has 6 nitrogen and oxygen atoms in total. The molecule has 0 radical (unpaired) electrons. The SMILES string of the molecule is Cc1nc(-c2ccc3ccnc(NCCN)c3c2)no1. The maximum atomic E-state index is 5.52. The van der Waals surface area contributed by atoms with Crippen LogP contribution in [0.4, 0.5) is 5.82 Å². The summed E-state index contributed by atoms with van der Waals surface area (Å²) in [6.45, 7) is 3.01. The summed E-state index contributed by atoms with van der Waals surface area (Å²) >= 11 is 0. The molecule has 2 aromatic heterocycles. The van der Waals surface area contributed by atoms with Crippen molar-refractivity contribution in [1.82, 2.24) is 15.1 Å². The first-order chi connectivity index (χ1) is 9.78. The molecule has 20 heavy (non-hydrogen) atoms. The number of hydrogen-bond acceptors (Lipinski definition) is 6. The molecule has 3 N–H and O–H groups in total. The second-order valence-corrected chi connectivity index (χ2v) is 4.45. The number of aromatic nitrogens is 3. The van der Waals surface area contributed by atoms with E-state index in [4.69, 9.17) is 10.3 Å². The fourth-order valence-corrected chi connectivity index (χ4v) is 2.06. The smallest absolute Gasteiger partial charge is 0.223 e. The molecule has 102 valence electrons. The third-order valence-corrected chi connectivity index (χ3v) is 2.99. The highest BCUT2D eigenvalue weighted by Gasteiger charge is 2.08. The molecule has 6 heteroatoms. The van der Waals surface area contributed by atoms with Gasteiger partial charge >= 0.3 is 0 Å². The van der Waals surface area contributed by atoms with Crippen molar-refractivity contribution in [2.24, 2.45) is 5.73 Å². The van der Waals surface area contributed by atoms with Crippen LogP contribution in [-0.2, 0) is 0 Å². The molecule has 0 aliphatic carbocycles. The lowest BCUT2D eigenvalue weighted by Crippen LogP contribution is -2.14. The Bertz CT molecular complexity index is 737. The van der Waals surface area contributed by atoms with Gasteiger partial charge in [0.05, 0.1) is 0 Å². The molecule has 0 aliphatic rings. The van der Waals surface area contributed by atoms with E-state index in [-0.39, 0.29) is 0 Å². The quantitative estimate of drug-likeness (QED) is 0.752. The van der Waals surface area contributed by atoms with Crippen molar-refractivity contribution >= 4 is 16.6 Å². The molecule has 0 atom stereocenters. The number of pyridine rings is 1. The first-order valence-electron chi connectivity index (χ1n) is 6.41. The molecule has 0 bridgehead atoms. The second kappa shape index (κ2) is 5.26. The lowest BCUT2D eigenvalue weighted by molar-refractivity contribution is 0.394. The Balaban J connectivity index is 2.08. The van der Waals surface area contributed by atoms with E-state index in [1.54, 1.807) is 13.1 Å². The maximum Gasteiger partial charge on any atom is 0.223 e. The van der Waals surface area contributed by atoms with Crippen molar-refractivity contribution in [2.45, 2.75) is 6.92 Å². The topological polar surface area (TPSA) is 89.9 Å². The van der Waals surface area contributed by atoms with Crippen molar-refractivity contribution in [3.05, 3.63) is 36.4 Å². The van der Waals surface area contributed by atoms with Crippen molar-refractivity contribution in [3.63, 3.8) is 0 Å². The summed E-state index contributed by atoms with van der Waals surface area (Å²) in [5.74, 6) is 1.95. The Morgan fingerprint density at radius 3 is 2.95 bits per heavy atom. The lowest BCUT2D eigenvalue weighted by Gasteiger charge is -2.08. The van der Waals surface area contributed by atoms with E-state index in [0.29, 0.717) is 24.8 Å². The number of aryl methyl sites for hydroxylation is 1. The van der Waals surface area contributed by atoms with Crippen LogP contribution in [0.25, 0.3) is 22.2 Å². The Kier molecular flexibility index (Phi) is 3.30. The van der Waals surface area contributed by atoms with Crippen LogP contribution in [0.1, 0.15) is 5.89 Å². The molecule has 0 fully saturated rings. The molecule has 0 saturated heterocycles. The maximum absolute atomic E-state index is 5.52. The molecule has 2 heterocycles. The molecule has 3 rings (SSSR count). The number of hydrogen-bond donors (Lipinski definition) is 2. The minimum absolute atomic E-state index is 0.549. The van der Waals surface area contributed by atoms with E-state index in [1.807, 2.05) is 24.3 Å². The zero-order valence-corrected chi connectivity index (χ0v) is 11.1. The third-order valence-electron chi connectivity index (χ3n) is 2.99. The van der Waals surface area contributed by atoms with Crippen molar-refractivity contribution in [1.29, 1.82) is 0 Å². The summed E-state index contributed by atoms with van der Waals surface area (Å²) < 4.78 is 5.02. The first-order valence-corrected chi connectivity index (χ1v) is 6.41. The number of rotatable bonds is 4. The highest BCUT2D eigenvalue weighted by Crippen LogP contribution is 2.26. The van der Waals surface area contributed by atoms with E-state index in [0.717, 1.165) is 22.2 Å². The average molecular weight is 269 g/mol. The number of nitrogens with zero attached hydrogens (tertiary/aromatic N) is 3. The van der Waals surface area contributed by atoms with Crippen LogP contribution in [0.15, 0.2) is 35.0 Å². The summed E-state index contributed by atoms with van der Waals surface area (Å²) in [5, 5.41) is 9.27. The molecule has 0 saturated carbocycles. The van der Waals surface area contributed by atoms with Crippen LogP contribution >= 0.6 is 0 Å². The number of nitrogens with one attached hydrogen (secondary N) is 1. The van der Waals surface area contributed by atoms with Gasteiger partial charge in [-0.15, -0.1) is 0 Å². The van der Waals surface area contributed by atoms with Gasteiger partial charge < -0.3 is 15.6 Å². The van der Waals surface area contributed by atoms with Crippen molar-refractivity contribution in [3.8, 4) is 11.4 Å². The molecule has 1 aromatic carbocycles. The van der Waals surface area contributed by atoms with Gasteiger partial charge in [-0.25, -0.2) is 4.98 Å². The average Bonchev–Trinajstić information content (AvgIpc) is 2.91. The summed E-state index contributed by atoms with van der Waals surface area (Å²) in [7, 11) is 0.